The number of hydrogen-bond acceptors (Lipinski definition) is 3. The van der Waals surface area contributed by atoms with Crippen molar-refractivity contribution < 1.29 is 9.59 Å². The molecule has 0 aliphatic rings. The van der Waals surface area contributed by atoms with Gasteiger partial charge in [-0.1, -0.05) is 18.2 Å². The summed E-state index contributed by atoms with van der Waals surface area (Å²) in [6, 6.07) is 10.6. The van der Waals surface area contributed by atoms with E-state index in [-0.39, 0.29) is 11.8 Å². The number of amides is 2. The molecular weight excluding hydrogens is 272 g/mol. The summed E-state index contributed by atoms with van der Waals surface area (Å²) in [5.74, 6) is -0.355. The van der Waals surface area contributed by atoms with Crippen LogP contribution < -0.4 is 10.6 Å². The normalized spacial score (nSPS) is 10.4. The van der Waals surface area contributed by atoms with E-state index >= 15 is 0 Å². The number of carbonyl (C=O) groups excluding carboxylic acids is 2. The van der Waals surface area contributed by atoms with Crippen LogP contribution in [0.3, 0.4) is 0 Å². The molecule has 0 bridgehead atoms. The summed E-state index contributed by atoms with van der Waals surface area (Å²) in [7, 11) is 0. The Hall–Kier alpha value is -2.40. The van der Waals surface area contributed by atoms with E-state index < -0.39 is 0 Å². The molecule has 4 nitrogen and oxygen atoms in total. The molecule has 0 saturated heterocycles. The molecule has 0 unspecified atom stereocenters. The zero-order valence-electron chi connectivity index (χ0n) is 10.9. The van der Waals surface area contributed by atoms with Crippen LogP contribution in [0, 0.1) is 0 Å². The number of nitrogens with one attached hydrogen (secondary N) is 2. The maximum absolute atomic E-state index is 11.9. The van der Waals surface area contributed by atoms with E-state index in [0.717, 1.165) is 0 Å². The van der Waals surface area contributed by atoms with Crippen LogP contribution >= 0.6 is 11.3 Å². The van der Waals surface area contributed by atoms with E-state index in [0.29, 0.717) is 16.3 Å². The second kappa shape index (κ2) is 6.68. The molecule has 0 aliphatic heterocycles. The zero-order valence-corrected chi connectivity index (χ0v) is 11.7. The smallest absolute Gasteiger partial charge is 0.265 e. The molecule has 1 aromatic heterocycles. The molecule has 0 radical (unpaired) electrons. The van der Waals surface area contributed by atoms with Gasteiger partial charge in [-0.25, -0.2) is 0 Å². The quantitative estimate of drug-likeness (QED) is 0.845. The minimum atomic E-state index is -0.200. The van der Waals surface area contributed by atoms with Gasteiger partial charge < -0.3 is 10.6 Å². The van der Waals surface area contributed by atoms with Crippen LogP contribution in [0.15, 0.2) is 53.9 Å². The molecule has 0 saturated carbocycles. The molecule has 2 aromatic rings. The van der Waals surface area contributed by atoms with Crippen molar-refractivity contribution in [1.82, 2.24) is 0 Å². The van der Waals surface area contributed by atoms with Gasteiger partial charge in [-0.15, -0.1) is 11.3 Å². The third-order valence-corrected chi connectivity index (χ3v) is 3.32. The van der Waals surface area contributed by atoms with Gasteiger partial charge in [0.05, 0.1) is 4.88 Å². The molecule has 1 aromatic carbocycles. The largest absolute Gasteiger partial charge is 0.322 e. The van der Waals surface area contributed by atoms with Gasteiger partial charge in [0.2, 0.25) is 5.91 Å². The summed E-state index contributed by atoms with van der Waals surface area (Å²) in [6.07, 6.45) is 3.11. The summed E-state index contributed by atoms with van der Waals surface area (Å²) in [5.41, 5.74) is 1.28. The number of hydrogen-bond donors (Lipinski definition) is 2. The molecule has 0 spiro atoms. The van der Waals surface area contributed by atoms with E-state index in [1.807, 2.05) is 11.4 Å². The average molecular weight is 286 g/mol. The molecule has 1 heterocycles. The van der Waals surface area contributed by atoms with Gasteiger partial charge in [0.1, 0.15) is 0 Å². The third kappa shape index (κ3) is 3.80. The number of benzene rings is 1. The number of thiophene rings is 1. The second-order valence-corrected chi connectivity index (χ2v) is 4.95. The minimum Gasteiger partial charge on any atom is -0.322 e. The first kappa shape index (κ1) is 14.0. The second-order valence-electron chi connectivity index (χ2n) is 4.00. The zero-order chi connectivity index (χ0) is 14.4. The fourth-order valence-corrected chi connectivity index (χ4v) is 2.23. The van der Waals surface area contributed by atoms with E-state index in [1.54, 1.807) is 43.3 Å². The van der Waals surface area contributed by atoms with Crippen LogP contribution in [0.4, 0.5) is 11.4 Å². The first-order valence-electron chi connectivity index (χ1n) is 6.07. The molecule has 5 heteroatoms. The molecule has 0 aliphatic carbocycles. The summed E-state index contributed by atoms with van der Waals surface area (Å²) in [6.45, 7) is 1.78. The Balaban J connectivity index is 2.06. The highest BCUT2D eigenvalue weighted by Crippen LogP contribution is 2.17. The molecule has 2 rings (SSSR count). The summed E-state index contributed by atoms with van der Waals surface area (Å²) >= 11 is 1.38. The molecule has 0 atom stereocenters. The van der Waals surface area contributed by atoms with Crippen LogP contribution in [-0.4, -0.2) is 11.8 Å². The Morgan fingerprint density at radius 2 is 1.85 bits per heavy atom. The number of allylic oxidation sites excluding steroid dienone is 1. The number of anilines is 2. The highest BCUT2D eigenvalue weighted by molar-refractivity contribution is 7.12. The highest BCUT2D eigenvalue weighted by Gasteiger charge is 2.07. The first-order valence-corrected chi connectivity index (χ1v) is 6.95. The summed E-state index contributed by atoms with van der Waals surface area (Å²) in [5, 5.41) is 7.36. The molecular formula is C15H14N2O2S. The topological polar surface area (TPSA) is 58.2 Å². The van der Waals surface area contributed by atoms with Gasteiger partial charge in [0.15, 0.2) is 0 Å². The third-order valence-electron chi connectivity index (χ3n) is 2.45. The fourth-order valence-electron chi connectivity index (χ4n) is 1.61. The maximum atomic E-state index is 11.9. The molecule has 2 amide bonds. The van der Waals surface area contributed by atoms with Crippen LogP contribution in [0.5, 0.6) is 0 Å². The first-order chi connectivity index (χ1) is 9.69. The standard InChI is InChI=1S/C15H14N2O2S/c1-2-5-14(18)16-11-6-3-7-12(10-11)17-15(19)13-8-4-9-20-13/h2-10H,1H3,(H,16,18)(H,17,19)/b5-2+. The predicted molar refractivity (Wildman–Crippen MR) is 82.2 cm³/mol. The van der Waals surface area contributed by atoms with Crippen LogP contribution in [0.2, 0.25) is 0 Å². The molecule has 20 heavy (non-hydrogen) atoms. The van der Waals surface area contributed by atoms with Gasteiger partial charge in [-0.2, -0.15) is 0 Å². The molecule has 0 fully saturated rings. The van der Waals surface area contributed by atoms with E-state index in [9.17, 15) is 9.59 Å². The van der Waals surface area contributed by atoms with Gasteiger partial charge >= 0.3 is 0 Å². The van der Waals surface area contributed by atoms with Crippen molar-refractivity contribution >= 4 is 34.5 Å². The predicted octanol–water partition coefficient (Wildman–Crippen LogP) is 3.52. The SMILES string of the molecule is C/C=C/C(=O)Nc1cccc(NC(=O)c2cccs2)c1. The van der Waals surface area contributed by atoms with Crippen molar-refractivity contribution in [2.45, 2.75) is 6.92 Å². The van der Waals surface area contributed by atoms with Gasteiger partial charge in [0, 0.05) is 11.4 Å². The van der Waals surface area contributed by atoms with Crippen LogP contribution in [0.1, 0.15) is 16.6 Å². The lowest BCUT2D eigenvalue weighted by Gasteiger charge is -2.07. The lowest BCUT2D eigenvalue weighted by molar-refractivity contribution is -0.111. The van der Waals surface area contributed by atoms with Gasteiger partial charge in [0.25, 0.3) is 5.91 Å². The fraction of sp³-hybridized carbons (Fsp3) is 0.0667. The van der Waals surface area contributed by atoms with Crippen LogP contribution in [0.25, 0.3) is 0 Å². The van der Waals surface area contributed by atoms with Crippen molar-refractivity contribution in [3.8, 4) is 0 Å². The Morgan fingerprint density at radius 1 is 1.10 bits per heavy atom. The number of rotatable bonds is 4. The molecule has 2 N–H and O–H groups in total. The number of carbonyl (C=O) groups is 2. The summed E-state index contributed by atoms with van der Waals surface area (Å²) in [4.78, 5) is 24.0. The lowest BCUT2D eigenvalue weighted by atomic mass is 10.2. The van der Waals surface area contributed by atoms with E-state index in [1.165, 1.54) is 17.4 Å². The van der Waals surface area contributed by atoms with E-state index in [2.05, 4.69) is 10.6 Å². The summed E-state index contributed by atoms with van der Waals surface area (Å²) < 4.78 is 0. The molecule has 102 valence electrons. The maximum Gasteiger partial charge on any atom is 0.265 e. The van der Waals surface area contributed by atoms with Gasteiger partial charge in [-0.3, -0.25) is 9.59 Å². The van der Waals surface area contributed by atoms with Crippen molar-refractivity contribution in [1.29, 1.82) is 0 Å². The van der Waals surface area contributed by atoms with Crippen molar-refractivity contribution in [3.05, 3.63) is 58.8 Å². The lowest BCUT2D eigenvalue weighted by Crippen LogP contribution is -2.11. The van der Waals surface area contributed by atoms with Crippen molar-refractivity contribution in [2.24, 2.45) is 0 Å². The van der Waals surface area contributed by atoms with Crippen LogP contribution in [-0.2, 0) is 4.79 Å². The Bertz CT molecular complexity index is 633. The Kier molecular flexibility index (Phi) is 4.68. The van der Waals surface area contributed by atoms with Gasteiger partial charge in [-0.05, 0) is 42.6 Å². The minimum absolute atomic E-state index is 0.156. The monoisotopic (exact) mass is 286 g/mol. The van der Waals surface area contributed by atoms with Crippen molar-refractivity contribution in [3.63, 3.8) is 0 Å². The Morgan fingerprint density at radius 3 is 2.50 bits per heavy atom. The van der Waals surface area contributed by atoms with Crippen molar-refractivity contribution in [2.75, 3.05) is 10.6 Å². The highest BCUT2D eigenvalue weighted by atomic mass is 32.1. The average Bonchev–Trinajstić information content (AvgIpc) is 2.93. The van der Waals surface area contributed by atoms with E-state index in [4.69, 9.17) is 0 Å². The Labute approximate surface area is 121 Å².